The summed E-state index contributed by atoms with van der Waals surface area (Å²) in [7, 11) is 2.74. The molecule has 3 fully saturated rings. The van der Waals surface area contributed by atoms with Crippen LogP contribution in [0.5, 0.6) is 0 Å². The van der Waals surface area contributed by atoms with Crippen molar-refractivity contribution in [1.82, 2.24) is 35.1 Å². The molecule has 3 aliphatic carbocycles. The molecule has 0 saturated heterocycles. The fourth-order valence-corrected chi connectivity index (χ4v) is 12.0. The second kappa shape index (κ2) is 49.8. The number of carboxylic acids is 1. The molecule has 124 heavy (non-hydrogen) atoms. The second-order valence-electron chi connectivity index (χ2n) is 30.3. The van der Waals surface area contributed by atoms with Crippen LogP contribution in [0.1, 0.15) is 240 Å². The molecule has 5 atom stereocenters. The van der Waals surface area contributed by atoms with E-state index in [4.69, 9.17) is 41.6 Å². The number of nitrogens with one attached hydrogen (secondary N) is 4. The van der Waals surface area contributed by atoms with Crippen molar-refractivity contribution < 1.29 is 78.1 Å². The number of anilines is 4. The van der Waals surface area contributed by atoms with E-state index < -0.39 is 11.9 Å². The van der Waals surface area contributed by atoms with E-state index in [9.17, 15) is 19.2 Å². The van der Waals surface area contributed by atoms with Gasteiger partial charge in [0.25, 0.3) is 5.89 Å². The van der Waals surface area contributed by atoms with Crippen LogP contribution in [0.2, 0.25) is 0 Å². The predicted octanol–water partition coefficient (Wildman–Crippen LogP) is 15.8. The molecule has 0 amide bonds. The van der Waals surface area contributed by atoms with Gasteiger partial charge in [-0.05, 0) is 333 Å². The number of amidine groups is 2. The third kappa shape index (κ3) is 31.0. The Morgan fingerprint density at radius 1 is 0.452 bits per heavy atom. The molecule has 0 aliphatic heterocycles. The third-order valence-electron chi connectivity index (χ3n) is 21.1. The summed E-state index contributed by atoms with van der Waals surface area (Å²) in [5.74, 6) is 4.90. The van der Waals surface area contributed by atoms with Crippen LogP contribution in [-0.4, -0.2) is 106 Å². The largest absolute Gasteiger partial charge is 1.00 e. The standard InChI is InChI=1S/C20H24N4O2.C20H22N4O.C17H20N2O2.C16H18N2O2.C10H13NO2.C7H8BrN.C4H8N2O.Li.2H2O/c1-12-10-11-22-19(13(12)2)23-14(3)15-4-8-17(9-5-15)20(25)26-24-18(21)16-6-7-16;1-12-10-11-21-18(13(12)2)22-14(3)15-4-8-17(9-5-15)20-23-19(24-25-20)16-6-7-16;1-11-9-10-18-16(12(11)2)19-13(3)14-5-7-15(8-6-14)17(20)21-4;1-10-8-9-17-15(11(10)2)18-12(3)13-4-6-14(7-5-13)16(19)20;1-7(11)8-3-5-9(6-4-8)10(12)13-2;1-5-3-4-9-7(8)6(5)2;5-4(6-7)3-1-2-3;;;/h4-5,8-11,14,16H,6-7H2,1-3H3,(H2,21,24)(H,22,23);4-5,8-11,14,16H,6-7H2,1-3H3,(H,21,22);5-10,13H,1-4H3,(H,18,19);4-9,12H,1-3H3,(H,17,18)(H,19,20);3-7H,11H2,1-2H3;3-4H,1-2H3;3,7H,1-2H2,(H2,5,6);;2*1H2/q;;;;;;;+1;;/p-1. The number of oxime groups is 2. The molecule has 6 heterocycles. The number of halogens is 1. The number of aryl methyl sites for hydroxylation is 5. The predicted molar refractivity (Wildman–Crippen MR) is 486 cm³/mol. The smallest absolute Gasteiger partial charge is 0.870 e. The van der Waals surface area contributed by atoms with E-state index >= 15 is 0 Å². The molecule has 6 aromatic heterocycles. The van der Waals surface area contributed by atoms with Gasteiger partial charge in [-0.15, -0.1) is 0 Å². The summed E-state index contributed by atoms with van der Waals surface area (Å²) in [6, 6.07) is 47.3. The molecule has 30 heteroatoms. The van der Waals surface area contributed by atoms with Crippen LogP contribution in [0.25, 0.3) is 11.5 Å². The summed E-state index contributed by atoms with van der Waals surface area (Å²) in [6.07, 6.45) is 15.6. The van der Waals surface area contributed by atoms with Gasteiger partial charge in [0.05, 0.1) is 36.5 Å². The first kappa shape index (κ1) is 102. The maximum atomic E-state index is 12.0. The van der Waals surface area contributed by atoms with Gasteiger partial charge in [0.15, 0.2) is 5.82 Å². The Morgan fingerprint density at radius 3 is 1.05 bits per heavy atom. The van der Waals surface area contributed by atoms with Gasteiger partial charge in [-0.25, -0.2) is 44.1 Å². The summed E-state index contributed by atoms with van der Waals surface area (Å²) < 4.78 is 15.6. The van der Waals surface area contributed by atoms with Crippen molar-refractivity contribution in [2.75, 3.05) is 35.5 Å². The van der Waals surface area contributed by atoms with E-state index in [0.29, 0.717) is 51.7 Å². The zero-order valence-electron chi connectivity index (χ0n) is 73.9. The molecule has 0 radical (unpaired) electrons. The minimum atomic E-state index is -0.909. The van der Waals surface area contributed by atoms with Crippen molar-refractivity contribution in [3.8, 4) is 11.5 Å². The van der Waals surface area contributed by atoms with Crippen LogP contribution in [0.15, 0.2) is 202 Å². The van der Waals surface area contributed by atoms with Crippen molar-refractivity contribution in [2.45, 2.75) is 179 Å². The second-order valence-corrected chi connectivity index (χ2v) is 31.1. The van der Waals surface area contributed by atoms with E-state index in [1.165, 1.54) is 71.6 Å². The molecule has 15 N–H and O–H groups in total. The molecule has 0 spiro atoms. The zero-order valence-corrected chi connectivity index (χ0v) is 75.5. The van der Waals surface area contributed by atoms with Crippen LogP contribution in [0.4, 0.5) is 23.3 Å². The van der Waals surface area contributed by atoms with Crippen molar-refractivity contribution in [3.63, 3.8) is 0 Å². The minimum Gasteiger partial charge on any atom is -0.870 e. The van der Waals surface area contributed by atoms with Gasteiger partial charge in [-0.2, -0.15) is 4.98 Å². The fraction of sp³-hybridized carbons (Fsp3) is 0.330. The molecule has 3 aliphatic rings. The Hall–Kier alpha value is -12.2. The number of nitrogens with two attached hydrogens (primary N) is 3. The Kier molecular flexibility index (Phi) is 41.1. The summed E-state index contributed by atoms with van der Waals surface area (Å²) >= 11 is 3.33. The number of rotatable bonds is 22. The molecular formula is C94H116BrLiN16O12. The molecule has 0 bridgehead atoms. The number of aromatic carboxylic acids is 1. The molecule has 5 unspecified atom stereocenters. The van der Waals surface area contributed by atoms with Gasteiger partial charge in [0.2, 0.25) is 0 Å². The quantitative estimate of drug-likeness (QED) is 0.00445. The van der Waals surface area contributed by atoms with Crippen molar-refractivity contribution in [2.24, 2.45) is 39.3 Å². The zero-order chi connectivity index (χ0) is 88.1. The Bertz CT molecular complexity index is 5300. The number of nitrogens with zero attached hydrogens (tertiary/aromatic N) is 9. The van der Waals surface area contributed by atoms with E-state index in [-0.39, 0.29) is 77.9 Å². The van der Waals surface area contributed by atoms with Crippen LogP contribution in [-0.2, 0) is 14.3 Å². The van der Waals surface area contributed by atoms with Crippen LogP contribution >= 0.6 is 15.9 Å². The first-order chi connectivity index (χ1) is 57.8. The normalized spacial score (nSPS) is 13.5. The minimum absolute atomic E-state index is 0. The van der Waals surface area contributed by atoms with Crippen LogP contribution in [0.3, 0.4) is 0 Å². The summed E-state index contributed by atoms with van der Waals surface area (Å²) in [6.45, 7) is 30.8. The molecule has 652 valence electrons. The summed E-state index contributed by atoms with van der Waals surface area (Å²) in [5.41, 5.74) is 36.6. The van der Waals surface area contributed by atoms with Crippen molar-refractivity contribution in [3.05, 3.63) is 299 Å². The number of hydrogen-bond acceptors (Lipinski definition) is 24. The average Bonchev–Trinajstić information content (AvgIpc) is 1.73. The number of methoxy groups -OCH3 is 2. The number of hydrogen-bond donors (Lipinski definition) is 9. The topological polar surface area (TPSA) is 452 Å². The maximum Gasteiger partial charge on any atom is 1.00 e. The summed E-state index contributed by atoms with van der Waals surface area (Å²) in [5, 5.41) is 41.2. The Balaban J connectivity index is 0.000000264. The summed E-state index contributed by atoms with van der Waals surface area (Å²) in [4.78, 5) is 76.4. The van der Waals surface area contributed by atoms with Gasteiger partial charge in [0.1, 0.15) is 39.5 Å². The molecule has 5 aromatic carbocycles. The van der Waals surface area contributed by atoms with Crippen molar-refractivity contribution in [1.29, 1.82) is 0 Å². The molecular weight excluding hydrogens is 1630 g/mol. The average molecular weight is 1750 g/mol. The van der Waals surface area contributed by atoms with Crippen LogP contribution < -0.4 is 57.3 Å². The number of carbonyl (C=O) groups excluding carboxylic acids is 3. The van der Waals surface area contributed by atoms with Gasteiger partial charge in [-0.1, -0.05) is 76.1 Å². The number of carbonyl (C=O) groups is 4. The molecule has 11 aromatic rings. The SMILES string of the molecule is COC(=O)c1ccc(C(C)N)cc1.COC(=O)c1ccc(C(C)Nc2nccc(C)c2C)cc1.Cc1ccnc(Br)c1C.Cc1ccnc(NC(C)c2ccc(-c3nc(C4CC4)no3)cc2)c1C.Cc1ccnc(NC(C)c2ccc(C(=O)O)cc2)c1C.Cc1ccnc(NC(C)c2ccc(C(=O)O/N=C(\N)C3CC3)cc2)c1C.N/C(=N\O)C1CC1.O.[Li+].[OH-]. The number of pyridine rings is 5. The first-order valence-corrected chi connectivity index (χ1v) is 40.9. The maximum absolute atomic E-state index is 12.0. The van der Waals surface area contributed by atoms with E-state index in [2.05, 4.69) is 169 Å². The van der Waals surface area contributed by atoms with Crippen LogP contribution in [0, 0.1) is 81.1 Å². The number of carboxylic acid groups (broad SMARTS) is 1. The number of ether oxygens (including phenoxy) is 2. The fourth-order valence-electron chi connectivity index (χ4n) is 11.6. The number of aromatic nitrogens is 7. The first-order valence-electron chi connectivity index (χ1n) is 40.1. The van der Waals surface area contributed by atoms with Gasteiger partial charge in [-0.3, -0.25) is 0 Å². The van der Waals surface area contributed by atoms with E-state index in [0.717, 1.165) is 104 Å². The third-order valence-corrected chi connectivity index (χ3v) is 21.9. The molecule has 28 nitrogen and oxygen atoms in total. The van der Waals surface area contributed by atoms with E-state index in [1.807, 2.05) is 132 Å². The number of esters is 2. The molecule has 3 saturated carbocycles. The molecule has 14 rings (SSSR count). The van der Waals surface area contributed by atoms with Gasteiger partial charge in [0, 0.05) is 84.5 Å². The van der Waals surface area contributed by atoms with Crippen molar-refractivity contribution >= 4 is 74.7 Å². The Labute approximate surface area is 746 Å². The van der Waals surface area contributed by atoms with Gasteiger partial charge < -0.3 is 78.6 Å². The Morgan fingerprint density at radius 2 is 0.758 bits per heavy atom. The van der Waals surface area contributed by atoms with E-state index in [1.54, 1.807) is 73.3 Å². The van der Waals surface area contributed by atoms with Gasteiger partial charge >= 0.3 is 42.7 Å². The number of benzene rings is 5. The monoisotopic (exact) mass is 1750 g/mol.